The summed E-state index contributed by atoms with van der Waals surface area (Å²) in [5.41, 5.74) is 0. The van der Waals surface area contributed by atoms with Crippen LogP contribution in [0.3, 0.4) is 0 Å². The molecule has 2 rings (SSSR count). The normalized spacial score (nSPS) is 13.9. The number of benzene rings is 1. The predicted molar refractivity (Wildman–Crippen MR) is 85.3 cm³/mol. The zero-order valence-corrected chi connectivity index (χ0v) is 13.5. The highest BCUT2D eigenvalue weighted by atomic mass is 79.9. The van der Waals surface area contributed by atoms with Gasteiger partial charge in [-0.3, -0.25) is 0 Å². The van der Waals surface area contributed by atoms with Gasteiger partial charge in [0.1, 0.15) is 18.5 Å². The highest BCUT2D eigenvalue weighted by Crippen LogP contribution is 2.17. The van der Waals surface area contributed by atoms with E-state index in [4.69, 9.17) is 4.74 Å². The van der Waals surface area contributed by atoms with Crippen LogP contribution in [0.2, 0.25) is 0 Å². The van der Waals surface area contributed by atoms with Crippen LogP contribution in [0.1, 0.15) is 6.92 Å². The standard InChI is InChI=1S/C15H20BrN3O2/c1-12(9-19-6-5-17-11-19)18-8-14(20)10-21-15-4-2-3-13(16)7-15/h2-7,11-12,14,18,20H,8-10H2,1H3. The SMILES string of the molecule is CC(Cn1ccnc1)NCC(O)COc1cccc(Br)c1. The van der Waals surface area contributed by atoms with Gasteiger partial charge in [0.2, 0.25) is 0 Å². The Labute approximate surface area is 133 Å². The van der Waals surface area contributed by atoms with Crippen molar-refractivity contribution in [2.75, 3.05) is 13.2 Å². The quantitative estimate of drug-likeness (QED) is 0.762. The fraction of sp³-hybridized carbons (Fsp3) is 0.400. The Bertz CT molecular complexity index is 533. The molecule has 0 saturated heterocycles. The third-order valence-electron chi connectivity index (χ3n) is 2.98. The topological polar surface area (TPSA) is 59.3 Å². The molecule has 114 valence electrons. The van der Waals surface area contributed by atoms with Crippen LogP contribution in [-0.2, 0) is 6.54 Å². The largest absolute Gasteiger partial charge is 0.491 e. The zero-order valence-electron chi connectivity index (χ0n) is 11.9. The number of nitrogens with one attached hydrogen (secondary N) is 1. The molecular formula is C15H20BrN3O2. The lowest BCUT2D eigenvalue weighted by molar-refractivity contribution is 0.103. The summed E-state index contributed by atoms with van der Waals surface area (Å²) in [5, 5.41) is 13.2. The number of hydrogen-bond acceptors (Lipinski definition) is 4. The maximum atomic E-state index is 9.94. The van der Waals surface area contributed by atoms with Gasteiger partial charge in [0.05, 0.1) is 6.33 Å². The lowest BCUT2D eigenvalue weighted by atomic mass is 10.3. The minimum atomic E-state index is -0.547. The van der Waals surface area contributed by atoms with Gasteiger partial charge < -0.3 is 19.7 Å². The van der Waals surface area contributed by atoms with Crippen molar-refractivity contribution in [3.8, 4) is 5.75 Å². The van der Waals surface area contributed by atoms with Crippen molar-refractivity contribution in [3.63, 3.8) is 0 Å². The van der Waals surface area contributed by atoms with Gasteiger partial charge in [0.25, 0.3) is 0 Å². The molecule has 0 radical (unpaired) electrons. The number of halogens is 1. The second-order valence-electron chi connectivity index (χ2n) is 4.99. The molecule has 21 heavy (non-hydrogen) atoms. The molecule has 2 aromatic rings. The van der Waals surface area contributed by atoms with Gasteiger partial charge in [-0.05, 0) is 25.1 Å². The maximum Gasteiger partial charge on any atom is 0.120 e. The number of nitrogens with zero attached hydrogens (tertiary/aromatic N) is 2. The molecule has 0 spiro atoms. The molecular weight excluding hydrogens is 334 g/mol. The summed E-state index contributed by atoms with van der Waals surface area (Å²) in [5.74, 6) is 0.745. The number of imidazole rings is 1. The molecule has 0 amide bonds. The third-order valence-corrected chi connectivity index (χ3v) is 3.48. The maximum absolute atomic E-state index is 9.94. The fourth-order valence-electron chi connectivity index (χ4n) is 1.92. The monoisotopic (exact) mass is 353 g/mol. The second-order valence-corrected chi connectivity index (χ2v) is 5.91. The highest BCUT2D eigenvalue weighted by Gasteiger charge is 2.08. The number of hydrogen-bond donors (Lipinski definition) is 2. The van der Waals surface area contributed by atoms with E-state index in [0.29, 0.717) is 6.54 Å². The van der Waals surface area contributed by atoms with Crippen molar-refractivity contribution in [1.82, 2.24) is 14.9 Å². The molecule has 6 heteroatoms. The first kappa shape index (κ1) is 16.0. The smallest absolute Gasteiger partial charge is 0.120 e. The molecule has 0 saturated carbocycles. The van der Waals surface area contributed by atoms with Crippen molar-refractivity contribution in [3.05, 3.63) is 47.5 Å². The molecule has 0 aliphatic heterocycles. The van der Waals surface area contributed by atoms with E-state index in [1.165, 1.54) is 0 Å². The van der Waals surface area contributed by atoms with Gasteiger partial charge in [-0.1, -0.05) is 22.0 Å². The van der Waals surface area contributed by atoms with Crippen LogP contribution >= 0.6 is 15.9 Å². The molecule has 1 heterocycles. The Hall–Kier alpha value is -1.37. The van der Waals surface area contributed by atoms with Crippen LogP contribution in [0.5, 0.6) is 5.75 Å². The van der Waals surface area contributed by atoms with Gasteiger partial charge in [0, 0.05) is 36.0 Å². The Morgan fingerprint density at radius 1 is 1.48 bits per heavy atom. The summed E-state index contributed by atoms with van der Waals surface area (Å²) in [4.78, 5) is 4.00. The third kappa shape index (κ3) is 5.87. The van der Waals surface area contributed by atoms with E-state index in [2.05, 4.69) is 33.2 Å². The Balaban J connectivity index is 1.66. The lowest BCUT2D eigenvalue weighted by Crippen LogP contribution is -2.38. The van der Waals surface area contributed by atoms with Crippen LogP contribution in [0.25, 0.3) is 0 Å². The van der Waals surface area contributed by atoms with E-state index in [1.807, 2.05) is 35.0 Å². The van der Waals surface area contributed by atoms with E-state index in [0.717, 1.165) is 16.8 Å². The Morgan fingerprint density at radius 2 is 2.33 bits per heavy atom. The van der Waals surface area contributed by atoms with Gasteiger partial charge in [0.15, 0.2) is 0 Å². The second kappa shape index (κ2) is 8.17. The molecule has 1 aromatic heterocycles. The summed E-state index contributed by atoms with van der Waals surface area (Å²) in [6, 6.07) is 7.83. The van der Waals surface area contributed by atoms with Crippen molar-refractivity contribution < 1.29 is 9.84 Å². The Morgan fingerprint density at radius 3 is 3.05 bits per heavy atom. The fourth-order valence-corrected chi connectivity index (χ4v) is 2.30. The molecule has 0 aliphatic carbocycles. The molecule has 2 unspecified atom stereocenters. The lowest BCUT2D eigenvalue weighted by Gasteiger charge is -2.18. The van der Waals surface area contributed by atoms with Gasteiger partial charge >= 0.3 is 0 Å². The van der Waals surface area contributed by atoms with E-state index >= 15 is 0 Å². The molecule has 1 aromatic carbocycles. The van der Waals surface area contributed by atoms with E-state index in [1.54, 1.807) is 12.5 Å². The molecule has 0 bridgehead atoms. The minimum absolute atomic E-state index is 0.250. The van der Waals surface area contributed by atoms with Crippen LogP contribution in [-0.4, -0.2) is 40.0 Å². The van der Waals surface area contributed by atoms with Crippen molar-refractivity contribution in [2.45, 2.75) is 25.6 Å². The number of rotatable bonds is 8. The zero-order chi connectivity index (χ0) is 15.1. The van der Waals surface area contributed by atoms with Crippen LogP contribution < -0.4 is 10.1 Å². The summed E-state index contributed by atoms with van der Waals surface area (Å²) in [6.45, 7) is 3.65. The number of ether oxygens (including phenoxy) is 1. The highest BCUT2D eigenvalue weighted by molar-refractivity contribution is 9.10. The first-order valence-corrected chi connectivity index (χ1v) is 7.68. The average molecular weight is 354 g/mol. The number of aliphatic hydroxyl groups is 1. The van der Waals surface area contributed by atoms with Gasteiger partial charge in [-0.2, -0.15) is 0 Å². The minimum Gasteiger partial charge on any atom is -0.491 e. The molecule has 5 nitrogen and oxygen atoms in total. The van der Waals surface area contributed by atoms with E-state index < -0.39 is 6.10 Å². The first-order chi connectivity index (χ1) is 10.1. The van der Waals surface area contributed by atoms with Crippen molar-refractivity contribution in [2.24, 2.45) is 0 Å². The van der Waals surface area contributed by atoms with Crippen LogP contribution in [0.15, 0.2) is 47.5 Å². The summed E-state index contributed by atoms with van der Waals surface area (Å²) in [6.07, 6.45) is 4.91. The van der Waals surface area contributed by atoms with E-state index in [9.17, 15) is 5.11 Å². The molecule has 0 aliphatic rings. The predicted octanol–water partition coefficient (Wildman–Crippen LogP) is 2.06. The van der Waals surface area contributed by atoms with Crippen LogP contribution in [0.4, 0.5) is 0 Å². The molecule has 0 fully saturated rings. The van der Waals surface area contributed by atoms with Crippen LogP contribution in [0, 0.1) is 0 Å². The molecule has 2 N–H and O–H groups in total. The molecule has 2 atom stereocenters. The number of aromatic nitrogens is 2. The first-order valence-electron chi connectivity index (χ1n) is 6.89. The van der Waals surface area contributed by atoms with Crippen molar-refractivity contribution >= 4 is 15.9 Å². The average Bonchev–Trinajstić information content (AvgIpc) is 2.96. The summed E-state index contributed by atoms with van der Waals surface area (Å²) >= 11 is 3.38. The summed E-state index contributed by atoms with van der Waals surface area (Å²) < 4.78 is 8.51. The Kier molecular flexibility index (Phi) is 6.22. The van der Waals surface area contributed by atoms with Gasteiger partial charge in [-0.15, -0.1) is 0 Å². The van der Waals surface area contributed by atoms with Gasteiger partial charge in [-0.25, -0.2) is 4.98 Å². The van der Waals surface area contributed by atoms with E-state index in [-0.39, 0.29) is 12.6 Å². The summed E-state index contributed by atoms with van der Waals surface area (Å²) in [7, 11) is 0. The van der Waals surface area contributed by atoms with Crippen molar-refractivity contribution in [1.29, 1.82) is 0 Å². The number of aliphatic hydroxyl groups excluding tert-OH is 1.